The van der Waals surface area contributed by atoms with Gasteiger partial charge in [0, 0.05) is 26.7 Å². The summed E-state index contributed by atoms with van der Waals surface area (Å²) in [6.45, 7) is 2.13. The number of ether oxygens (including phenoxy) is 1. The zero-order valence-corrected chi connectivity index (χ0v) is 19.4. The van der Waals surface area contributed by atoms with Crippen LogP contribution < -0.4 is 4.74 Å². The van der Waals surface area contributed by atoms with Crippen LogP contribution in [0.3, 0.4) is 0 Å². The molecule has 0 N–H and O–H groups in total. The van der Waals surface area contributed by atoms with E-state index in [1.165, 1.54) is 12.1 Å². The smallest absolute Gasteiger partial charge is 0.260 e. The van der Waals surface area contributed by atoms with E-state index in [-0.39, 0.29) is 29.7 Å². The quantitative estimate of drug-likeness (QED) is 0.685. The normalized spacial score (nSPS) is 19.3. The van der Waals surface area contributed by atoms with Gasteiger partial charge in [0.05, 0.1) is 6.42 Å². The third-order valence-corrected chi connectivity index (χ3v) is 7.17. The molecule has 0 aromatic heterocycles. The zero-order valence-electron chi connectivity index (χ0n) is 19.4. The molecule has 0 bridgehead atoms. The number of amides is 2. The number of halogens is 1. The van der Waals surface area contributed by atoms with Crippen molar-refractivity contribution in [2.75, 3.05) is 33.3 Å². The Kier molecular flexibility index (Phi) is 7.31. The van der Waals surface area contributed by atoms with Gasteiger partial charge < -0.3 is 14.5 Å². The zero-order chi connectivity index (χ0) is 23.3. The van der Waals surface area contributed by atoms with Gasteiger partial charge in [-0.05, 0) is 66.8 Å². The fourth-order valence-corrected chi connectivity index (χ4v) is 5.11. The molecule has 2 aliphatic rings. The van der Waals surface area contributed by atoms with Gasteiger partial charge in [0.25, 0.3) is 5.91 Å². The van der Waals surface area contributed by atoms with Crippen molar-refractivity contribution in [2.45, 2.75) is 44.9 Å². The van der Waals surface area contributed by atoms with Gasteiger partial charge in [-0.1, -0.05) is 36.8 Å². The third-order valence-electron chi connectivity index (χ3n) is 7.17. The summed E-state index contributed by atoms with van der Waals surface area (Å²) >= 11 is 0. The molecular weight excluding hydrogens is 419 g/mol. The molecule has 2 aromatic rings. The van der Waals surface area contributed by atoms with Gasteiger partial charge in [-0.15, -0.1) is 0 Å². The first-order valence-corrected chi connectivity index (χ1v) is 11.9. The molecule has 176 valence electrons. The molecule has 5 nitrogen and oxygen atoms in total. The predicted molar refractivity (Wildman–Crippen MR) is 125 cm³/mol. The average molecular weight is 453 g/mol. The summed E-state index contributed by atoms with van der Waals surface area (Å²) in [7, 11) is 1.86. The molecule has 6 heteroatoms. The number of carbonyl (C=O) groups is 2. The highest BCUT2D eigenvalue weighted by atomic mass is 19.1. The Hall–Kier alpha value is -2.89. The number of benzene rings is 2. The second kappa shape index (κ2) is 10.4. The maximum absolute atomic E-state index is 13.1. The first-order chi connectivity index (χ1) is 15.9. The van der Waals surface area contributed by atoms with Crippen LogP contribution in [-0.4, -0.2) is 54.9 Å². The van der Waals surface area contributed by atoms with Crippen LogP contribution in [0.5, 0.6) is 5.75 Å². The van der Waals surface area contributed by atoms with Crippen molar-refractivity contribution < 1.29 is 18.7 Å². The summed E-state index contributed by atoms with van der Waals surface area (Å²) in [6.07, 6.45) is 6.22. The van der Waals surface area contributed by atoms with E-state index in [1.807, 2.05) is 30.1 Å². The van der Waals surface area contributed by atoms with Crippen molar-refractivity contribution in [1.82, 2.24) is 9.80 Å². The van der Waals surface area contributed by atoms with Gasteiger partial charge >= 0.3 is 0 Å². The SMILES string of the molecule is CN1CC2(CCCCc3ccccc3OCC1=O)CCN(C(=O)Cc1ccc(F)cc1)CC2. The lowest BCUT2D eigenvalue weighted by molar-refractivity contribution is -0.137. The topological polar surface area (TPSA) is 49.9 Å². The number of hydrogen-bond acceptors (Lipinski definition) is 3. The van der Waals surface area contributed by atoms with Gasteiger partial charge in [0.2, 0.25) is 5.91 Å². The van der Waals surface area contributed by atoms with Crippen LogP contribution in [0.4, 0.5) is 4.39 Å². The number of para-hydroxylation sites is 1. The standard InChI is InChI=1S/C27H33FN2O3/c1-29-20-27(13-5-4-7-22-6-2-3-8-24(22)33-19-26(29)32)14-16-30(17-15-27)25(31)18-21-9-11-23(28)12-10-21/h2-3,6,8-12H,4-5,7,13-20H2,1H3. The van der Waals surface area contributed by atoms with Gasteiger partial charge in [-0.25, -0.2) is 4.39 Å². The Morgan fingerprint density at radius 2 is 1.76 bits per heavy atom. The molecule has 4 rings (SSSR count). The highest BCUT2D eigenvalue weighted by Crippen LogP contribution is 2.38. The number of nitrogens with zero attached hydrogens (tertiary/aromatic N) is 2. The van der Waals surface area contributed by atoms with E-state index in [1.54, 1.807) is 17.0 Å². The van der Waals surface area contributed by atoms with Crippen LogP contribution in [0.2, 0.25) is 0 Å². The van der Waals surface area contributed by atoms with Crippen LogP contribution >= 0.6 is 0 Å². The van der Waals surface area contributed by atoms with E-state index in [0.29, 0.717) is 26.1 Å². The van der Waals surface area contributed by atoms with E-state index in [2.05, 4.69) is 6.07 Å². The molecule has 0 aliphatic carbocycles. The van der Waals surface area contributed by atoms with Crippen LogP contribution in [-0.2, 0) is 22.4 Å². The second-order valence-electron chi connectivity index (χ2n) is 9.54. The largest absolute Gasteiger partial charge is 0.483 e. The Morgan fingerprint density at radius 1 is 1.03 bits per heavy atom. The first kappa shape index (κ1) is 23.3. The molecule has 2 aliphatic heterocycles. The molecule has 0 unspecified atom stereocenters. The van der Waals surface area contributed by atoms with Crippen LogP contribution in [0, 0.1) is 11.2 Å². The lowest BCUT2D eigenvalue weighted by Crippen LogP contribution is -2.49. The van der Waals surface area contributed by atoms with Gasteiger partial charge in [0.1, 0.15) is 11.6 Å². The molecule has 1 fully saturated rings. The summed E-state index contributed by atoms with van der Waals surface area (Å²) in [6, 6.07) is 14.1. The molecule has 0 saturated carbocycles. The van der Waals surface area contributed by atoms with Crippen molar-refractivity contribution in [2.24, 2.45) is 5.41 Å². The molecule has 2 amide bonds. The minimum atomic E-state index is -0.291. The van der Waals surface area contributed by atoms with Gasteiger partial charge in [-0.2, -0.15) is 0 Å². The summed E-state index contributed by atoms with van der Waals surface area (Å²) in [4.78, 5) is 29.3. The molecule has 2 heterocycles. The molecule has 33 heavy (non-hydrogen) atoms. The fourth-order valence-electron chi connectivity index (χ4n) is 5.11. The van der Waals surface area contributed by atoms with E-state index in [4.69, 9.17) is 4.74 Å². The van der Waals surface area contributed by atoms with E-state index in [0.717, 1.165) is 55.4 Å². The van der Waals surface area contributed by atoms with Crippen LogP contribution in [0.25, 0.3) is 0 Å². The average Bonchev–Trinajstić information content (AvgIpc) is 2.82. The molecule has 0 atom stereocenters. The highest BCUT2D eigenvalue weighted by molar-refractivity contribution is 5.79. The van der Waals surface area contributed by atoms with Crippen molar-refractivity contribution >= 4 is 11.8 Å². The Bertz CT molecular complexity index is 968. The van der Waals surface area contributed by atoms with Crippen molar-refractivity contribution in [3.8, 4) is 5.75 Å². The van der Waals surface area contributed by atoms with Gasteiger partial charge in [0.15, 0.2) is 6.61 Å². The molecule has 1 saturated heterocycles. The lowest BCUT2D eigenvalue weighted by atomic mass is 9.73. The Labute approximate surface area is 195 Å². The summed E-state index contributed by atoms with van der Waals surface area (Å²) in [5, 5.41) is 0. The number of rotatable bonds is 2. The number of likely N-dealkylation sites (N-methyl/N-ethyl adjacent to an activating group) is 1. The molecular formula is C27H33FN2O3. The second-order valence-corrected chi connectivity index (χ2v) is 9.54. The number of aryl methyl sites for hydroxylation is 1. The maximum atomic E-state index is 13.1. The van der Waals surface area contributed by atoms with Gasteiger partial charge in [-0.3, -0.25) is 9.59 Å². The third kappa shape index (κ3) is 5.92. The molecule has 2 aromatic carbocycles. The first-order valence-electron chi connectivity index (χ1n) is 11.9. The highest BCUT2D eigenvalue weighted by Gasteiger charge is 2.37. The maximum Gasteiger partial charge on any atom is 0.260 e. The summed E-state index contributed by atoms with van der Waals surface area (Å²) in [5.41, 5.74) is 2.01. The van der Waals surface area contributed by atoms with Crippen molar-refractivity contribution in [3.05, 3.63) is 65.5 Å². The monoisotopic (exact) mass is 452 g/mol. The minimum Gasteiger partial charge on any atom is -0.483 e. The van der Waals surface area contributed by atoms with E-state index >= 15 is 0 Å². The number of carbonyl (C=O) groups excluding carboxylic acids is 2. The molecule has 1 spiro atoms. The summed E-state index contributed by atoms with van der Waals surface area (Å²) in [5.74, 6) is 0.585. The minimum absolute atomic E-state index is 0.0143. The van der Waals surface area contributed by atoms with E-state index < -0.39 is 0 Å². The number of piperidine rings is 1. The number of fused-ring (bicyclic) bond motifs is 1. The number of hydrogen-bond donors (Lipinski definition) is 0. The van der Waals surface area contributed by atoms with Crippen molar-refractivity contribution in [1.29, 1.82) is 0 Å². The van der Waals surface area contributed by atoms with Crippen LogP contribution in [0.1, 0.15) is 43.2 Å². The van der Waals surface area contributed by atoms with Crippen LogP contribution in [0.15, 0.2) is 48.5 Å². The molecule has 0 radical (unpaired) electrons. The fraction of sp³-hybridized carbons (Fsp3) is 0.481. The van der Waals surface area contributed by atoms with E-state index in [9.17, 15) is 14.0 Å². The lowest BCUT2D eigenvalue weighted by Gasteiger charge is -2.44. The number of likely N-dealkylation sites (tertiary alicyclic amines) is 1. The van der Waals surface area contributed by atoms with Crippen molar-refractivity contribution in [3.63, 3.8) is 0 Å². The summed E-state index contributed by atoms with van der Waals surface area (Å²) < 4.78 is 19.0. The Balaban J connectivity index is 1.39. The Morgan fingerprint density at radius 3 is 2.52 bits per heavy atom. The predicted octanol–water partition coefficient (Wildman–Crippen LogP) is 4.24.